The average molecular weight is 424 g/mol. The Morgan fingerprint density at radius 2 is 1.44 bits per heavy atom. The second-order valence-corrected chi connectivity index (χ2v) is 8.63. The van der Waals surface area contributed by atoms with Crippen molar-refractivity contribution in [3.63, 3.8) is 0 Å². The van der Waals surface area contributed by atoms with Crippen LogP contribution in [0.3, 0.4) is 0 Å². The van der Waals surface area contributed by atoms with E-state index in [9.17, 15) is 8.42 Å². The summed E-state index contributed by atoms with van der Waals surface area (Å²) in [6, 6.07) is 6.64. The van der Waals surface area contributed by atoms with Gasteiger partial charge in [0.1, 0.15) is 0 Å². The first-order chi connectivity index (χ1) is 11.8. The van der Waals surface area contributed by atoms with Gasteiger partial charge < -0.3 is 0 Å². The Labute approximate surface area is 155 Å². The summed E-state index contributed by atoms with van der Waals surface area (Å²) in [6.07, 6.45) is 6.97. The van der Waals surface area contributed by atoms with E-state index in [1.54, 1.807) is 60.1 Å². The van der Waals surface area contributed by atoms with Crippen molar-refractivity contribution in [1.82, 2.24) is 23.9 Å². The third-order valence-corrected chi connectivity index (χ3v) is 6.02. The van der Waals surface area contributed by atoms with Crippen molar-refractivity contribution in [2.24, 2.45) is 14.1 Å². The van der Waals surface area contributed by atoms with Crippen LogP contribution in [0.25, 0.3) is 0 Å². The Balaban J connectivity index is 1.95. The summed E-state index contributed by atoms with van der Waals surface area (Å²) in [5.74, 6) is 0. The number of hydrogen-bond donors (Lipinski definition) is 0. The van der Waals surface area contributed by atoms with E-state index in [1.807, 2.05) is 12.4 Å². The fraction of sp³-hybridized carbons (Fsp3) is 0.250. The van der Waals surface area contributed by atoms with E-state index in [1.165, 1.54) is 4.31 Å². The molecule has 0 spiro atoms. The molecule has 25 heavy (non-hydrogen) atoms. The highest BCUT2D eigenvalue weighted by molar-refractivity contribution is 9.10. The highest BCUT2D eigenvalue weighted by Gasteiger charge is 2.25. The number of sulfonamides is 1. The first-order valence-corrected chi connectivity index (χ1v) is 9.78. The molecule has 2 heterocycles. The van der Waals surface area contributed by atoms with Crippen molar-refractivity contribution in [3.8, 4) is 0 Å². The van der Waals surface area contributed by atoms with Crippen LogP contribution < -0.4 is 0 Å². The van der Waals surface area contributed by atoms with Crippen LogP contribution in [0.5, 0.6) is 0 Å². The summed E-state index contributed by atoms with van der Waals surface area (Å²) in [6.45, 7) is 0.474. The third kappa shape index (κ3) is 4.17. The SMILES string of the molecule is Cn1cc(CN(Cc2cnn(C)c2)S(=O)(=O)c2ccc(Br)cc2)cn1. The molecule has 3 aromatic rings. The normalized spacial score (nSPS) is 12.0. The number of aryl methyl sites for hydroxylation is 2. The number of hydrogen-bond acceptors (Lipinski definition) is 4. The predicted molar refractivity (Wildman–Crippen MR) is 97.0 cm³/mol. The molecule has 1 aromatic carbocycles. The van der Waals surface area contributed by atoms with Crippen molar-refractivity contribution >= 4 is 26.0 Å². The molecule has 0 radical (unpaired) electrons. The van der Waals surface area contributed by atoms with E-state index in [4.69, 9.17) is 0 Å². The molecule has 2 aromatic heterocycles. The summed E-state index contributed by atoms with van der Waals surface area (Å²) in [4.78, 5) is 0.253. The van der Waals surface area contributed by atoms with Crippen molar-refractivity contribution < 1.29 is 8.42 Å². The van der Waals surface area contributed by atoms with Crippen molar-refractivity contribution in [2.75, 3.05) is 0 Å². The standard InChI is InChI=1S/C16H18BrN5O2S/c1-20-9-13(7-18-20)11-22(12-14-8-19-21(2)10-14)25(23,24)16-5-3-15(17)4-6-16/h3-10H,11-12H2,1-2H3. The van der Waals surface area contributed by atoms with Crippen LogP contribution in [0.15, 0.2) is 58.4 Å². The maximum atomic E-state index is 13.1. The highest BCUT2D eigenvalue weighted by atomic mass is 79.9. The maximum Gasteiger partial charge on any atom is 0.243 e. The molecule has 0 fully saturated rings. The van der Waals surface area contributed by atoms with E-state index in [2.05, 4.69) is 26.1 Å². The smallest absolute Gasteiger partial charge is 0.243 e. The van der Waals surface area contributed by atoms with Crippen LogP contribution in [0.4, 0.5) is 0 Å². The van der Waals surface area contributed by atoms with Gasteiger partial charge in [0.2, 0.25) is 10.0 Å². The fourth-order valence-electron chi connectivity index (χ4n) is 2.50. The van der Waals surface area contributed by atoms with Gasteiger partial charge in [0, 0.05) is 55.2 Å². The third-order valence-electron chi connectivity index (χ3n) is 3.69. The quantitative estimate of drug-likeness (QED) is 0.609. The highest BCUT2D eigenvalue weighted by Crippen LogP contribution is 2.22. The molecule has 0 bridgehead atoms. The van der Waals surface area contributed by atoms with Gasteiger partial charge in [-0.2, -0.15) is 14.5 Å². The molecule has 0 aliphatic carbocycles. The first-order valence-electron chi connectivity index (χ1n) is 7.55. The zero-order chi connectivity index (χ0) is 18.0. The zero-order valence-electron chi connectivity index (χ0n) is 13.9. The minimum absolute atomic E-state index is 0.237. The van der Waals surface area contributed by atoms with Gasteiger partial charge in [-0.25, -0.2) is 8.42 Å². The monoisotopic (exact) mass is 423 g/mol. The Morgan fingerprint density at radius 1 is 0.960 bits per heavy atom. The van der Waals surface area contributed by atoms with E-state index in [0.717, 1.165) is 15.6 Å². The van der Waals surface area contributed by atoms with Crippen LogP contribution in [0.1, 0.15) is 11.1 Å². The van der Waals surface area contributed by atoms with Gasteiger partial charge in [-0.1, -0.05) is 15.9 Å². The van der Waals surface area contributed by atoms with Crippen LogP contribution in [0, 0.1) is 0 Å². The predicted octanol–water partition coefficient (Wildman–Crippen LogP) is 2.31. The van der Waals surface area contributed by atoms with Crippen LogP contribution in [0.2, 0.25) is 0 Å². The van der Waals surface area contributed by atoms with Crippen molar-refractivity contribution in [1.29, 1.82) is 0 Å². The molecule has 132 valence electrons. The van der Waals surface area contributed by atoms with E-state index in [0.29, 0.717) is 0 Å². The number of rotatable bonds is 6. The largest absolute Gasteiger partial charge is 0.275 e. The lowest BCUT2D eigenvalue weighted by molar-refractivity contribution is 0.401. The maximum absolute atomic E-state index is 13.1. The molecule has 0 saturated heterocycles. The molecule has 0 N–H and O–H groups in total. The van der Waals surface area contributed by atoms with Crippen LogP contribution >= 0.6 is 15.9 Å². The van der Waals surface area contributed by atoms with Crippen LogP contribution in [-0.2, 0) is 37.2 Å². The summed E-state index contributed by atoms with van der Waals surface area (Å²) >= 11 is 3.33. The minimum atomic E-state index is -3.66. The van der Waals surface area contributed by atoms with Gasteiger partial charge in [0.15, 0.2) is 0 Å². The van der Waals surface area contributed by atoms with Gasteiger partial charge in [-0.3, -0.25) is 9.36 Å². The first kappa shape index (κ1) is 17.8. The molecule has 0 unspecified atom stereocenters. The van der Waals surface area contributed by atoms with Gasteiger partial charge in [-0.15, -0.1) is 0 Å². The molecule has 7 nitrogen and oxygen atoms in total. The van der Waals surface area contributed by atoms with Crippen molar-refractivity contribution in [2.45, 2.75) is 18.0 Å². The van der Waals surface area contributed by atoms with E-state index < -0.39 is 10.0 Å². The van der Waals surface area contributed by atoms with Gasteiger partial charge in [-0.05, 0) is 24.3 Å². The Bertz CT molecular complexity index is 920. The molecule has 0 amide bonds. The lowest BCUT2D eigenvalue weighted by atomic mass is 10.3. The molecular formula is C16H18BrN5O2S. The minimum Gasteiger partial charge on any atom is -0.275 e. The summed E-state index contributed by atoms with van der Waals surface area (Å²) in [5.41, 5.74) is 1.65. The summed E-state index contributed by atoms with van der Waals surface area (Å²) < 4.78 is 31.8. The number of aromatic nitrogens is 4. The van der Waals surface area contributed by atoms with Crippen LogP contribution in [-0.4, -0.2) is 32.3 Å². The second kappa shape index (κ2) is 7.11. The van der Waals surface area contributed by atoms with E-state index >= 15 is 0 Å². The van der Waals surface area contributed by atoms with Gasteiger partial charge >= 0.3 is 0 Å². The summed E-state index contributed by atoms with van der Waals surface area (Å²) in [7, 11) is -0.0498. The molecule has 0 saturated carbocycles. The van der Waals surface area contributed by atoms with E-state index in [-0.39, 0.29) is 18.0 Å². The molecule has 0 aliphatic rings. The average Bonchev–Trinajstić information content (AvgIpc) is 3.15. The molecule has 3 rings (SSSR count). The topological polar surface area (TPSA) is 73.0 Å². The second-order valence-electron chi connectivity index (χ2n) is 5.77. The lowest BCUT2D eigenvalue weighted by Gasteiger charge is -2.21. The molecule has 0 atom stereocenters. The Kier molecular flexibility index (Phi) is 5.07. The van der Waals surface area contributed by atoms with Gasteiger partial charge in [0.05, 0.1) is 17.3 Å². The summed E-state index contributed by atoms with van der Waals surface area (Å²) in [5, 5.41) is 8.24. The Morgan fingerprint density at radius 3 is 1.84 bits per heavy atom. The molecule has 0 aliphatic heterocycles. The number of halogens is 1. The van der Waals surface area contributed by atoms with Crippen molar-refractivity contribution in [3.05, 3.63) is 64.7 Å². The van der Waals surface area contributed by atoms with Gasteiger partial charge in [0.25, 0.3) is 0 Å². The zero-order valence-corrected chi connectivity index (χ0v) is 16.3. The lowest BCUT2D eigenvalue weighted by Crippen LogP contribution is -2.30. The number of benzene rings is 1. The molecule has 9 heteroatoms. The molecular weight excluding hydrogens is 406 g/mol. The Hall–Kier alpha value is -1.97. The fourth-order valence-corrected chi connectivity index (χ4v) is 4.18. The number of nitrogens with zero attached hydrogens (tertiary/aromatic N) is 5.